The van der Waals surface area contributed by atoms with Gasteiger partial charge in [-0.3, -0.25) is 9.78 Å². The van der Waals surface area contributed by atoms with E-state index in [4.69, 9.17) is 0 Å². The molecule has 0 saturated carbocycles. The zero-order valence-electron chi connectivity index (χ0n) is 18.1. The number of aryl methyl sites for hydroxylation is 1. The molecule has 32 heavy (non-hydrogen) atoms. The van der Waals surface area contributed by atoms with E-state index < -0.39 is 0 Å². The number of carbonyl (C=O) groups is 2. The first-order valence-electron chi connectivity index (χ1n) is 10.8. The topological polar surface area (TPSA) is 86.4 Å². The van der Waals surface area contributed by atoms with Gasteiger partial charge in [-0.1, -0.05) is 23.8 Å². The fourth-order valence-corrected chi connectivity index (χ4v) is 3.74. The van der Waals surface area contributed by atoms with Crippen LogP contribution in [-0.2, 0) is 6.54 Å². The molecule has 0 spiro atoms. The number of anilines is 3. The Kier molecular flexibility index (Phi) is 6.65. The van der Waals surface area contributed by atoms with Gasteiger partial charge in [0.2, 0.25) is 0 Å². The highest BCUT2D eigenvalue weighted by molar-refractivity contribution is 6.04. The fourth-order valence-electron chi connectivity index (χ4n) is 3.74. The molecule has 4 rings (SSSR count). The third-order valence-electron chi connectivity index (χ3n) is 5.43. The molecule has 0 radical (unpaired) electrons. The van der Waals surface area contributed by atoms with Gasteiger partial charge in [-0.25, -0.2) is 4.79 Å². The Balaban J connectivity index is 1.50. The number of hydrogen-bond acceptors (Lipinski definition) is 4. The zero-order valence-corrected chi connectivity index (χ0v) is 18.1. The van der Waals surface area contributed by atoms with Gasteiger partial charge in [-0.15, -0.1) is 0 Å². The predicted octanol–water partition coefficient (Wildman–Crippen LogP) is 4.56. The van der Waals surface area contributed by atoms with Gasteiger partial charge < -0.3 is 20.9 Å². The number of pyridine rings is 1. The van der Waals surface area contributed by atoms with Crippen LogP contribution in [-0.4, -0.2) is 30.0 Å². The van der Waals surface area contributed by atoms with Crippen LogP contribution in [0.25, 0.3) is 0 Å². The van der Waals surface area contributed by atoms with Crippen LogP contribution in [0.15, 0.2) is 67.0 Å². The minimum atomic E-state index is -0.357. The highest BCUT2D eigenvalue weighted by atomic mass is 16.2. The Morgan fingerprint density at radius 1 is 0.969 bits per heavy atom. The maximum atomic E-state index is 13.1. The molecule has 0 bridgehead atoms. The molecule has 0 atom stereocenters. The number of amides is 3. The summed E-state index contributed by atoms with van der Waals surface area (Å²) in [6, 6.07) is 16.5. The highest BCUT2D eigenvalue weighted by Gasteiger charge is 2.20. The van der Waals surface area contributed by atoms with Gasteiger partial charge in [0.05, 0.1) is 5.56 Å². The van der Waals surface area contributed by atoms with Gasteiger partial charge in [-0.05, 0) is 61.7 Å². The number of nitrogens with one attached hydrogen (secondary N) is 3. The molecule has 1 aliphatic rings. The Hall–Kier alpha value is -3.87. The maximum Gasteiger partial charge on any atom is 0.323 e. The van der Waals surface area contributed by atoms with Crippen molar-refractivity contribution in [2.45, 2.75) is 26.3 Å². The summed E-state index contributed by atoms with van der Waals surface area (Å²) in [5, 5.41) is 8.62. The van der Waals surface area contributed by atoms with Crippen molar-refractivity contribution < 1.29 is 9.59 Å². The predicted molar refractivity (Wildman–Crippen MR) is 127 cm³/mol. The summed E-state index contributed by atoms with van der Waals surface area (Å²) in [4.78, 5) is 31.8. The number of carbonyl (C=O) groups excluding carboxylic acids is 2. The molecular formula is C25H27N5O2. The molecule has 1 aliphatic heterocycles. The molecular weight excluding hydrogens is 402 g/mol. The van der Waals surface area contributed by atoms with Crippen molar-refractivity contribution in [1.29, 1.82) is 0 Å². The molecule has 0 unspecified atom stereocenters. The molecule has 1 fully saturated rings. The Labute approximate surface area is 187 Å². The normalized spacial score (nSPS) is 13.0. The standard InChI is InChI=1S/C25H27N5O2/c1-18-6-8-20(9-7-18)28-25(32)29-21-10-11-23(30-13-2-3-14-30)22(15-21)24(31)27-17-19-5-4-12-26-16-19/h4-12,15-16H,2-3,13-14,17H2,1H3,(H,27,31)(H2,28,29,32). The molecule has 0 aliphatic carbocycles. The van der Waals surface area contributed by atoms with Crippen molar-refractivity contribution in [2.24, 2.45) is 0 Å². The van der Waals surface area contributed by atoms with E-state index in [9.17, 15) is 9.59 Å². The van der Waals surface area contributed by atoms with E-state index in [1.807, 2.05) is 55.5 Å². The van der Waals surface area contributed by atoms with Crippen LogP contribution in [0.2, 0.25) is 0 Å². The Morgan fingerprint density at radius 3 is 2.41 bits per heavy atom. The monoisotopic (exact) mass is 429 g/mol. The molecule has 2 aromatic carbocycles. The van der Waals surface area contributed by atoms with Crippen LogP contribution >= 0.6 is 0 Å². The number of rotatable bonds is 6. The van der Waals surface area contributed by atoms with Gasteiger partial charge in [0.1, 0.15) is 0 Å². The molecule has 7 nitrogen and oxygen atoms in total. The first kappa shape index (κ1) is 21.4. The number of aromatic nitrogens is 1. The summed E-state index contributed by atoms with van der Waals surface area (Å²) in [6.07, 6.45) is 5.65. The lowest BCUT2D eigenvalue weighted by atomic mass is 10.1. The third-order valence-corrected chi connectivity index (χ3v) is 5.43. The lowest BCUT2D eigenvalue weighted by Gasteiger charge is -2.22. The summed E-state index contributed by atoms with van der Waals surface area (Å²) in [6.45, 7) is 4.22. The van der Waals surface area contributed by atoms with E-state index in [-0.39, 0.29) is 11.9 Å². The van der Waals surface area contributed by atoms with E-state index in [1.54, 1.807) is 18.5 Å². The summed E-state index contributed by atoms with van der Waals surface area (Å²) < 4.78 is 0. The molecule has 164 valence electrons. The van der Waals surface area contributed by atoms with Crippen LogP contribution in [0.4, 0.5) is 21.9 Å². The van der Waals surface area contributed by atoms with Crippen LogP contribution in [0.1, 0.15) is 34.3 Å². The largest absolute Gasteiger partial charge is 0.371 e. The number of nitrogens with zero attached hydrogens (tertiary/aromatic N) is 2. The van der Waals surface area contributed by atoms with Crippen LogP contribution < -0.4 is 20.9 Å². The third kappa shape index (κ3) is 5.43. The minimum absolute atomic E-state index is 0.182. The second-order valence-corrected chi connectivity index (χ2v) is 7.92. The lowest BCUT2D eigenvalue weighted by Crippen LogP contribution is -2.27. The van der Waals surface area contributed by atoms with Crippen molar-refractivity contribution in [2.75, 3.05) is 28.6 Å². The first-order chi connectivity index (χ1) is 15.6. The van der Waals surface area contributed by atoms with Crippen LogP contribution in [0.3, 0.4) is 0 Å². The summed E-state index contributed by atoms with van der Waals surface area (Å²) in [7, 11) is 0. The van der Waals surface area contributed by atoms with E-state index in [0.29, 0.717) is 23.5 Å². The van der Waals surface area contributed by atoms with E-state index in [0.717, 1.165) is 42.7 Å². The Morgan fingerprint density at radius 2 is 1.69 bits per heavy atom. The number of hydrogen-bond donors (Lipinski definition) is 3. The second-order valence-electron chi connectivity index (χ2n) is 7.92. The first-order valence-corrected chi connectivity index (χ1v) is 10.8. The SMILES string of the molecule is Cc1ccc(NC(=O)Nc2ccc(N3CCCC3)c(C(=O)NCc3cccnc3)c2)cc1. The van der Waals surface area contributed by atoms with Crippen molar-refractivity contribution in [3.63, 3.8) is 0 Å². The van der Waals surface area contributed by atoms with Gasteiger partial charge in [0, 0.05) is 49.1 Å². The molecule has 3 aromatic rings. The maximum absolute atomic E-state index is 13.1. The minimum Gasteiger partial charge on any atom is -0.371 e. The van der Waals surface area contributed by atoms with E-state index in [1.165, 1.54) is 0 Å². The molecule has 1 aromatic heterocycles. The van der Waals surface area contributed by atoms with Crippen molar-refractivity contribution >= 4 is 29.0 Å². The molecule has 1 saturated heterocycles. The van der Waals surface area contributed by atoms with Gasteiger partial charge >= 0.3 is 6.03 Å². The van der Waals surface area contributed by atoms with Gasteiger partial charge in [0.15, 0.2) is 0 Å². The van der Waals surface area contributed by atoms with Crippen molar-refractivity contribution in [1.82, 2.24) is 10.3 Å². The van der Waals surface area contributed by atoms with Gasteiger partial charge in [0.25, 0.3) is 5.91 Å². The smallest absolute Gasteiger partial charge is 0.323 e. The van der Waals surface area contributed by atoms with Crippen molar-refractivity contribution in [3.05, 3.63) is 83.7 Å². The van der Waals surface area contributed by atoms with Crippen molar-refractivity contribution in [3.8, 4) is 0 Å². The lowest BCUT2D eigenvalue weighted by molar-refractivity contribution is 0.0951. The average molecular weight is 430 g/mol. The fraction of sp³-hybridized carbons (Fsp3) is 0.240. The number of urea groups is 1. The molecule has 7 heteroatoms. The quantitative estimate of drug-likeness (QED) is 0.536. The molecule has 3 N–H and O–H groups in total. The van der Waals surface area contributed by atoms with E-state index >= 15 is 0 Å². The Bertz CT molecular complexity index is 1080. The average Bonchev–Trinajstić information content (AvgIpc) is 3.34. The molecule has 2 heterocycles. The number of benzene rings is 2. The zero-order chi connectivity index (χ0) is 22.3. The summed E-state index contributed by atoms with van der Waals surface area (Å²) >= 11 is 0. The van der Waals surface area contributed by atoms with E-state index in [2.05, 4.69) is 25.8 Å². The second kappa shape index (κ2) is 9.96. The van der Waals surface area contributed by atoms with Gasteiger partial charge in [-0.2, -0.15) is 0 Å². The molecule has 3 amide bonds. The summed E-state index contributed by atoms with van der Waals surface area (Å²) in [5.41, 5.74) is 4.74. The highest BCUT2D eigenvalue weighted by Crippen LogP contribution is 2.28. The van der Waals surface area contributed by atoms with Crippen LogP contribution in [0, 0.1) is 6.92 Å². The van der Waals surface area contributed by atoms with Crippen LogP contribution in [0.5, 0.6) is 0 Å². The summed E-state index contributed by atoms with van der Waals surface area (Å²) in [5.74, 6) is -0.182.